The maximum absolute atomic E-state index is 10.1. The van der Waals surface area contributed by atoms with Gasteiger partial charge >= 0.3 is 29.8 Å². The fourth-order valence-electron chi connectivity index (χ4n) is 1.54. The summed E-state index contributed by atoms with van der Waals surface area (Å²) in [5.74, 6) is -6.11. The van der Waals surface area contributed by atoms with Crippen LogP contribution in [0.15, 0.2) is 0 Å². The Labute approximate surface area is 247 Å². The van der Waals surface area contributed by atoms with Crippen LogP contribution in [0.3, 0.4) is 0 Å². The minimum atomic E-state index is -1.18. The highest BCUT2D eigenvalue weighted by atomic mass is 16.4. The second kappa shape index (κ2) is 29.9. The molecule has 21 nitrogen and oxygen atoms in total. The van der Waals surface area contributed by atoms with Crippen molar-refractivity contribution in [3.8, 4) is 0 Å². The Morgan fingerprint density at radius 3 is 1.07 bits per heavy atom. The summed E-state index contributed by atoms with van der Waals surface area (Å²) in [5, 5.41) is 65.5. The molecule has 0 bridgehead atoms. The molecule has 7 atom stereocenters. The van der Waals surface area contributed by atoms with E-state index in [9.17, 15) is 28.8 Å². The number of primary amides is 1. The number of rotatable bonds is 15. The topological polar surface area (TPSA) is 446 Å². The summed E-state index contributed by atoms with van der Waals surface area (Å²) < 4.78 is 0. The third-order valence-electron chi connectivity index (χ3n) is 4.43. The molecule has 7 unspecified atom stereocenters. The molecule has 0 aromatic rings. The van der Waals surface area contributed by atoms with Gasteiger partial charge in [-0.1, -0.05) is 6.42 Å². The van der Waals surface area contributed by atoms with Crippen LogP contribution in [0.4, 0.5) is 0 Å². The Kier molecular flexibility index (Phi) is 34.2. The third-order valence-corrected chi connectivity index (χ3v) is 4.43. The first-order chi connectivity index (χ1) is 19.5. The molecule has 0 aromatic heterocycles. The fraction of sp³-hybridized carbons (Fsp3) is 0.727. The maximum atomic E-state index is 10.1. The Bertz CT molecular complexity index is 778. The predicted molar refractivity (Wildman–Crippen MR) is 150 cm³/mol. The molecule has 21 heteroatoms. The van der Waals surface area contributed by atoms with E-state index in [-0.39, 0.29) is 12.8 Å². The van der Waals surface area contributed by atoms with Crippen LogP contribution < -0.4 is 40.1 Å². The summed E-state index contributed by atoms with van der Waals surface area (Å²) in [7, 11) is 0. The zero-order valence-electron chi connectivity index (χ0n) is 24.1. The molecule has 0 rings (SSSR count). The van der Waals surface area contributed by atoms with E-state index in [2.05, 4.69) is 0 Å². The molecule has 0 aliphatic carbocycles. The van der Waals surface area contributed by atoms with Crippen LogP contribution >= 0.6 is 0 Å². The lowest BCUT2D eigenvalue weighted by Gasteiger charge is -2.07. The van der Waals surface area contributed by atoms with Gasteiger partial charge in [0.15, 0.2) is 0 Å². The van der Waals surface area contributed by atoms with Gasteiger partial charge in [0.05, 0.1) is 18.8 Å². The van der Waals surface area contributed by atoms with Crippen molar-refractivity contribution in [3.05, 3.63) is 0 Å². The van der Waals surface area contributed by atoms with Crippen molar-refractivity contribution >= 4 is 35.8 Å². The standard InChI is InChI=1S/C6H14N2O2.C5H10N2O3.2C4H9NO3.C3H7NO3/c7-4-2-1-3-5(8)6(9)10;6-3(5(9)10)1-2-4(7)8;2*1-2(6)3(5)4(7)8;4-2(1-5)3(6)7/h5H,1-4,7-8H2,(H,9,10);3H,1-2,6H2,(H2,7,8)(H,9,10);2*2-3,6H,5H2,1H3,(H,7,8);2,5H,1,4H2,(H,6,7). The molecule has 0 radical (unpaired) electrons. The van der Waals surface area contributed by atoms with E-state index < -0.39 is 84.8 Å². The second-order valence-corrected chi connectivity index (χ2v) is 8.52. The molecule has 256 valence electrons. The Balaban J connectivity index is -0.000000141. The highest BCUT2D eigenvalue weighted by Crippen LogP contribution is 1.97. The van der Waals surface area contributed by atoms with Crippen LogP contribution in [0.1, 0.15) is 46.0 Å². The second-order valence-electron chi connectivity index (χ2n) is 8.52. The van der Waals surface area contributed by atoms with Gasteiger partial charge in [-0.3, -0.25) is 28.8 Å². The van der Waals surface area contributed by atoms with Crippen LogP contribution in [0.5, 0.6) is 0 Å². The molecular formula is C22H49N7O14. The molecule has 0 aromatic carbocycles. The van der Waals surface area contributed by atoms with E-state index in [4.69, 9.17) is 81.0 Å². The molecular weight excluding hydrogens is 586 g/mol. The van der Waals surface area contributed by atoms with Gasteiger partial charge in [0.1, 0.15) is 30.2 Å². The zero-order chi connectivity index (χ0) is 35.5. The number of nitrogens with two attached hydrogens (primary N) is 7. The number of aliphatic hydroxyl groups excluding tert-OH is 3. The van der Waals surface area contributed by atoms with Gasteiger partial charge < -0.3 is 81.0 Å². The van der Waals surface area contributed by atoms with Crippen molar-refractivity contribution in [2.75, 3.05) is 13.2 Å². The summed E-state index contributed by atoms with van der Waals surface area (Å²) in [6, 6.07) is -5.14. The van der Waals surface area contributed by atoms with E-state index in [1.807, 2.05) is 0 Å². The first-order valence-electron chi connectivity index (χ1n) is 12.4. The van der Waals surface area contributed by atoms with Gasteiger partial charge in [0.2, 0.25) is 5.91 Å². The Hall–Kier alpha value is -3.54. The number of hydrogen-bond acceptors (Lipinski definition) is 15. The van der Waals surface area contributed by atoms with Crippen LogP contribution in [0, 0.1) is 0 Å². The van der Waals surface area contributed by atoms with Gasteiger partial charge in [0.25, 0.3) is 0 Å². The van der Waals surface area contributed by atoms with Crippen molar-refractivity contribution in [1.29, 1.82) is 0 Å². The number of carbonyl (C=O) groups is 6. The SMILES string of the molecule is CC(O)C(N)C(=O)O.CC(O)C(N)C(=O)O.NC(=O)CCC(N)C(=O)O.NC(CO)C(=O)O.NCCCCC(N)C(=O)O. The van der Waals surface area contributed by atoms with Gasteiger partial charge in [0, 0.05) is 6.42 Å². The van der Waals surface area contributed by atoms with Crippen molar-refractivity contribution in [3.63, 3.8) is 0 Å². The molecule has 0 saturated heterocycles. The largest absolute Gasteiger partial charge is 0.480 e. The van der Waals surface area contributed by atoms with Crippen molar-refractivity contribution in [1.82, 2.24) is 0 Å². The molecule has 1 amide bonds. The number of carbonyl (C=O) groups excluding carboxylic acids is 1. The lowest BCUT2D eigenvalue weighted by molar-refractivity contribution is -0.141. The van der Waals surface area contributed by atoms with E-state index in [0.29, 0.717) is 13.0 Å². The number of carboxylic acids is 5. The number of aliphatic carboxylic acids is 5. The molecule has 43 heavy (non-hydrogen) atoms. The van der Waals surface area contributed by atoms with Crippen molar-refractivity contribution < 1.29 is 69.6 Å². The van der Waals surface area contributed by atoms with Crippen molar-refractivity contribution in [2.24, 2.45) is 40.1 Å². The number of carboxylic acid groups (broad SMARTS) is 5. The minimum Gasteiger partial charge on any atom is -0.480 e. The summed E-state index contributed by atoms with van der Waals surface area (Å²) in [6.07, 6.45) is 0.329. The lowest BCUT2D eigenvalue weighted by atomic mass is 10.1. The van der Waals surface area contributed by atoms with E-state index >= 15 is 0 Å². The first-order valence-corrected chi connectivity index (χ1v) is 12.4. The van der Waals surface area contributed by atoms with E-state index in [1.165, 1.54) is 13.8 Å². The predicted octanol–water partition coefficient (Wildman–Crippen LogP) is -5.86. The Morgan fingerprint density at radius 2 is 0.907 bits per heavy atom. The van der Waals surface area contributed by atoms with E-state index in [0.717, 1.165) is 12.8 Å². The zero-order valence-corrected chi connectivity index (χ0v) is 24.1. The molecule has 22 N–H and O–H groups in total. The van der Waals surface area contributed by atoms with Crippen LogP contribution in [0.2, 0.25) is 0 Å². The monoisotopic (exact) mass is 635 g/mol. The molecule has 0 aliphatic rings. The summed E-state index contributed by atoms with van der Waals surface area (Å²) in [6.45, 7) is 2.76. The average molecular weight is 636 g/mol. The van der Waals surface area contributed by atoms with Gasteiger partial charge in [-0.15, -0.1) is 0 Å². The minimum absolute atomic E-state index is 0.0213. The molecule has 0 fully saturated rings. The van der Waals surface area contributed by atoms with Crippen LogP contribution in [-0.2, 0) is 28.8 Å². The summed E-state index contributed by atoms with van der Waals surface area (Å²) in [5.41, 5.74) is 34.8. The Morgan fingerprint density at radius 1 is 0.581 bits per heavy atom. The number of unbranched alkanes of at least 4 members (excludes halogenated alkanes) is 1. The number of amides is 1. The normalized spacial score (nSPS) is 14.6. The molecule has 0 aliphatic heterocycles. The number of aliphatic hydroxyl groups is 3. The van der Waals surface area contributed by atoms with Gasteiger partial charge in [-0.05, 0) is 39.7 Å². The molecule has 0 saturated carbocycles. The van der Waals surface area contributed by atoms with Crippen molar-refractivity contribution in [2.45, 2.75) is 88.4 Å². The van der Waals surface area contributed by atoms with Gasteiger partial charge in [-0.2, -0.15) is 0 Å². The highest BCUT2D eigenvalue weighted by Gasteiger charge is 2.17. The highest BCUT2D eigenvalue weighted by molar-refractivity contribution is 5.77. The van der Waals surface area contributed by atoms with Crippen LogP contribution in [-0.4, -0.2) is 132 Å². The first kappa shape index (κ1) is 49.2. The molecule has 0 spiro atoms. The molecule has 0 heterocycles. The maximum Gasteiger partial charge on any atom is 0.323 e. The average Bonchev–Trinajstić information content (AvgIpc) is 2.91. The van der Waals surface area contributed by atoms with Gasteiger partial charge in [-0.25, -0.2) is 0 Å². The summed E-state index contributed by atoms with van der Waals surface area (Å²) in [4.78, 5) is 59.6. The summed E-state index contributed by atoms with van der Waals surface area (Å²) >= 11 is 0. The third kappa shape index (κ3) is 38.5. The van der Waals surface area contributed by atoms with E-state index in [1.54, 1.807) is 0 Å². The quantitative estimate of drug-likeness (QED) is 0.0744. The smallest absolute Gasteiger partial charge is 0.323 e. The van der Waals surface area contributed by atoms with Crippen LogP contribution in [0.25, 0.3) is 0 Å². The fourth-order valence-corrected chi connectivity index (χ4v) is 1.54. The number of hydrogen-bond donors (Lipinski definition) is 15. The lowest BCUT2D eigenvalue weighted by Crippen LogP contribution is -2.39.